The van der Waals surface area contributed by atoms with Gasteiger partial charge in [0.15, 0.2) is 5.65 Å². The Morgan fingerprint density at radius 3 is 2.47 bits per heavy atom. The normalized spacial score (nSPS) is 16.3. The molecule has 5 rings (SSSR count). The topological polar surface area (TPSA) is 155 Å². The fourth-order valence-corrected chi connectivity index (χ4v) is 4.68. The van der Waals surface area contributed by atoms with Crippen molar-refractivity contribution in [3.8, 4) is 0 Å². The van der Waals surface area contributed by atoms with Gasteiger partial charge in [-0.3, -0.25) is 4.79 Å². The number of carbonyl (C=O) groups excluding carboxylic acids is 1. The van der Waals surface area contributed by atoms with E-state index < -0.39 is 10.0 Å². The number of anilines is 1. The zero-order chi connectivity index (χ0) is 23.9. The summed E-state index contributed by atoms with van der Waals surface area (Å²) < 4.78 is 30.5. The van der Waals surface area contributed by atoms with Gasteiger partial charge in [0.2, 0.25) is 10.0 Å². The first-order chi connectivity index (χ1) is 16.3. The monoisotopic (exact) mass is 480 g/mol. The lowest BCUT2D eigenvalue weighted by Crippen LogP contribution is -2.32. The van der Waals surface area contributed by atoms with Crippen molar-refractivity contribution in [3.63, 3.8) is 0 Å². The van der Waals surface area contributed by atoms with Gasteiger partial charge in [-0.15, -0.1) is 0 Å². The number of nitrogen functional groups attached to an aromatic ring is 1. The van der Waals surface area contributed by atoms with Gasteiger partial charge in [-0.05, 0) is 42.7 Å². The molecule has 1 aliphatic rings. The average molecular weight is 481 g/mol. The molecule has 0 bridgehead atoms. The van der Waals surface area contributed by atoms with Crippen molar-refractivity contribution in [1.29, 1.82) is 0 Å². The quantitative estimate of drug-likeness (QED) is 0.380. The highest BCUT2D eigenvalue weighted by Crippen LogP contribution is 2.29. The van der Waals surface area contributed by atoms with E-state index in [4.69, 9.17) is 25.6 Å². The second kappa shape index (κ2) is 8.67. The summed E-state index contributed by atoms with van der Waals surface area (Å²) in [6.45, 7) is 1.35. The number of rotatable bonds is 6. The third kappa shape index (κ3) is 4.20. The van der Waals surface area contributed by atoms with Crippen molar-refractivity contribution >= 4 is 43.9 Å². The number of para-hydroxylation sites is 2. The van der Waals surface area contributed by atoms with Crippen molar-refractivity contribution in [2.24, 2.45) is 5.14 Å². The Kier molecular flexibility index (Phi) is 5.68. The predicted molar refractivity (Wildman–Crippen MR) is 128 cm³/mol. The van der Waals surface area contributed by atoms with E-state index in [0.29, 0.717) is 35.3 Å². The third-order valence-electron chi connectivity index (χ3n) is 5.93. The van der Waals surface area contributed by atoms with E-state index in [-0.39, 0.29) is 34.8 Å². The van der Waals surface area contributed by atoms with Crippen molar-refractivity contribution in [3.05, 3.63) is 59.7 Å². The number of fused-ring (bicyclic) bond motifs is 2. The van der Waals surface area contributed by atoms with Gasteiger partial charge in [-0.1, -0.05) is 24.3 Å². The second-order valence-corrected chi connectivity index (χ2v) is 9.83. The minimum absolute atomic E-state index is 0.0113. The van der Waals surface area contributed by atoms with Crippen LogP contribution in [0.4, 0.5) is 5.82 Å². The highest BCUT2D eigenvalue weighted by Gasteiger charge is 2.25. The number of nitrogens with two attached hydrogens (primary N) is 2. The molecule has 1 atom stereocenters. The van der Waals surface area contributed by atoms with Gasteiger partial charge >= 0.3 is 0 Å². The van der Waals surface area contributed by atoms with Gasteiger partial charge in [0, 0.05) is 13.2 Å². The maximum absolute atomic E-state index is 13.2. The highest BCUT2D eigenvalue weighted by atomic mass is 32.2. The van der Waals surface area contributed by atoms with Gasteiger partial charge in [0.25, 0.3) is 5.91 Å². The average Bonchev–Trinajstić information content (AvgIpc) is 3.42. The van der Waals surface area contributed by atoms with E-state index in [1.165, 1.54) is 12.1 Å². The van der Waals surface area contributed by atoms with E-state index in [9.17, 15) is 13.2 Å². The summed E-state index contributed by atoms with van der Waals surface area (Å²) in [7, 11) is -3.80. The Morgan fingerprint density at radius 1 is 1.12 bits per heavy atom. The largest absolute Gasteiger partial charge is 0.384 e. The molecular formula is C23H24N6O4S. The van der Waals surface area contributed by atoms with E-state index >= 15 is 0 Å². The first kappa shape index (κ1) is 22.3. The Bertz CT molecular complexity index is 1490. The summed E-state index contributed by atoms with van der Waals surface area (Å²) in [6, 6.07) is 13.6. The number of carbonyl (C=O) groups is 1. The Labute approximate surface area is 196 Å². The summed E-state index contributed by atoms with van der Waals surface area (Å²) in [4.78, 5) is 22.6. The molecule has 3 heterocycles. The van der Waals surface area contributed by atoms with E-state index in [2.05, 4.69) is 5.32 Å². The number of hydrogen-bond donors (Lipinski definition) is 3. The van der Waals surface area contributed by atoms with Gasteiger partial charge in [0.1, 0.15) is 16.9 Å². The smallest absolute Gasteiger partial charge is 0.257 e. The molecule has 2 aromatic heterocycles. The van der Waals surface area contributed by atoms with Crippen LogP contribution in [0.3, 0.4) is 0 Å². The summed E-state index contributed by atoms with van der Waals surface area (Å²) in [5.41, 5.74) is 9.70. The lowest BCUT2D eigenvalue weighted by atomic mass is 10.2. The molecule has 0 radical (unpaired) electrons. The van der Waals surface area contributed by atoms with Crippen molar-refractivity contribution in [1.82, 2.24) is 19.9 Å². The van der Waals surface area contributed by atoms with Gasteiger partial charge in [-0.2, -0.15) is 0 Å². The number of amides is 1. The minimum atomic E-state index is -3.80. The highest BCUT2D eigenvalue weighted by molar-refractivity contribution is 7.89. The van der Waals surface area contributed by atoms with Crippen LogP contribution in [0.25, 0.3) is 22.2 Å². The number of hydrogen-bond acceptors (Lipinski definition) is 7. The summed E-state index contributed by atoms with van der Waals surface area (Å²) in [5.74, 6) is -0.114. The molecule has 10 nitrogen and oxygen atoms in total. The fourth-order valence-electron chi connectivity index (χ4n) is 4.17. The number of sulfonamides is 1. The Morgan fingerprint density at radius 2 is 1.82 bits per heavy atom. The molecule has 2 aromatic carbocycles. The first-order valence-corrected chi connectivity index (χ1v) is 12.4. The molecule has 1 saturated heterocycles. The van der Waals surface area contributed by atoms with Crippen molar-refractivity contribution in [2.75, 3.05) is 18.9 Å². The molecule has 0 saturated carbocycles. The van der Waals surface area contributed by atoms with Crippen LogP contribution in [-0.2, 0) is 21.3 Å². The van der Waals surface area contributed by atoms with Crippen LogP contribution in [0.2, 0.25) is 0 Å². The lowest BCUT2D eigenvalue weighted by molar-refractivity contribution is 0.0859. The molecule has 5 N–H and O–H groups in total. The molecule has 0 spiro atoms. The maximum atomic E-state index is 13.2. The van der Waals surface area contributed by atoms with E-state index in [0.717, 1.165) is 18.4 Å². The lowest BCUT2D eigenvalue weighted by Gasteiger charge is -2.11. The minimum Gasteiger partial charge on any atom is -0.384 e. The van der Waals surface area contributed by atoms with Crippen LogP contribution in [0.5, 0.6) is 0 Å². The van der Waals surface area contributed by atoms with E-state index in [1.54, 1.807) is 16.7 Å². The van der Waals surface area contributed by atoms with Gasteiger partial charge in [-0.25, -0.2) is 23.5 Å². The number of ether oxygens (including phenoxy) is 1. The van der Waals surface area contributed by atoms with Gasteiger partial charge in [0.05, 0.1) is 28.6 Å². The third-order valence-corrected chi connectivity index (χ3v) is 6.85. The molecule has 1 fully saturated rings. The number of aromatic nitrogens is 3. The molecular weight excluding hydrogens is 456 g/mol. The maximum Gasteiger partial charge on any atom is 0.257 e. The Hall–Kier alpha value is -3.54. The van der Waals surface area contributed by atoms with Crippen LogP contribution < -0.4 is 16.2 Å². The van der Waals surface area contributed by atoms with Crippen molar-refractivity contribution in [2.45, 2.75) is 30.4 Å². The summed E-state index contributed by atoms with van der Waals surface area (Å²) in [5, 5.41) is 8.11. The molecule has 11 heteroatoms. The summed E-state index contributed by atoms with van der Waals surface area (Å²) >= 11 is 0. The van der Waals surface area contributed by atoms with E-state index in [1.807, 2.05) is 24.3 Å². The molecule has 1 aliphatic heterocycles. The first-order valence-electron chi connectivity index (χ1n) is 10.9. The standard InChI is InChI=1S/C23H24N6O4S/c24-21-19(23(30)26-12-15-4-3-11-33-15)20-22(28-18-6-2-1-5-17(18)27-20)29(21)13-14-7-9-16(10-8-14)34(25,31)32/h1-2,5-10,15H,3-4,11-13,24H2,(H,26,30)(H2,25,31,32)/t15-/m0/s1. The number of benzene rings is 2. The summed E-state index contributed by atoms with van der Waals surface area (Å²) in [6.07, 6.45) is 1.86. The van der Waals surface area contributed by atoms with Crippen molar-refractivity contribution < 1.29 is 17.9 Å². The number of nitrogens with zero attached hydrogens (tertiary/aromatic N) is 3. The van der Waals surface area contributed by atoms with Crippen LogP contribution in [0.15, 0.2) is 53.4 Å². The van der Waals surface area contributed by atoms with Gasteiger partial charge < -0.3 is 20.4 Å². The zero-order valence-corrected chi connectivity index (χ0v) is 19.1. The Balaban J connectivity index is 1.57. The zero-order valence-electron chi connectivity index (χ0n) is 18.3. The molecule has 0 aliphatic carbocycles. The molecule has 4 aromatic rings. The predicted octanol–water partition coefficient (Wildman–Crippen LogP) is 1.77. The number of nitrogens with one attached hydrogen (secondary N) is 1. The molecule has 176 valence electrons. The van der Waals surface area contributed by atoms with Crippen LogP contribution in [0, 0.1) is 0 Å². The number of primary sulfonamides is 1. The molecule has 0 unspecified atom stereocenters. The van der Waals surface area contributed by atoms with Crippen LogP contribution in [-0.4, -0.2) is 48.1 Å². The molecule has 34 heavy (non-hydrogen) atoms. The second-order valence-electron chi connectivity index (χ2n) is 8.26. The SMILES string of the molecule is Nc1c(C(=O)NC[C@@H]2CCCO2)c2nc3ccccc3nc2n1Cc1ccc(S(N)(=O)=O)cc1. The van der Waals surface area contributed by atoms with Crippen LogP contribution in [0.1, 0.15) is 28.8 Å². The van der Waals surface area contributed by atoms with Crippen LogP contribution >= 0.6 is 0 Å². The molecule has 1 amide bonds. The fraction of sp³-hybridized carbons (Fsp3) is 0.261.